The predicted molar refractivity (Wildman–Crippen MR) is 126 cm³/mol. The van der Waals surface area contributed by atoms with E-state index in [2.05, 4.69) is 17.0 Å². The molecule has 0 aromatic heterocycles. The Morgan fingerprint density at radius 3 is 2.30 bits per heavy atom. The quantitative estimate of drug-likeness (QED) is 0.594. The van der Waals surface area contributed by atoms with Crippen LogP contribution in [0.2, 0.25) is 0 Å². The lowest BCUT2D eigenvalue weighted by atomic mass is 9.85. The van der Waals surface area contributed by atoms with E-state index in [0.29, 0.717) is 25.9 Å². The zero-order chi connectivity index (χ0) is 23.3. The van der Waals surface area contributed by atoms with Crippen LogP contribution in [0.5, 0.6) is 5.75 Å². The standard InChI is InChI=1S/C26H33N3O4/c1-2-28-24(31)26(29(25(28)32)15-12-21-6-4-3-5-7-21)13-16-27(17-14-26)20-22-8-10-23(11-9-22)33-19-18-30/h3-11,30H,2,12-20H2,1H3. The minimum absolute atomic E-state index is 0.00364. The zero-order valence-electron chi connectivity index (χ0n) is 19.3. The SMILES string of the molecule is CCN1C(=O)N(CCc2ccccc2)C2(CCN(Cc3ccc(OCCO)cc3)CC2)C1=O. The first-order valence-electron chi connectivity index (χ1n) is 11.8. The molecule has 2 aromatic rings. The zero-order valence-corrected chi connectivity index (χ0v) is 19.3. The summed E-state index contributed by atoms with van der Waals surface area (Å²) < 4.78 is 5.43. The van der Waals surface area contributed by atoms with Crippen molar-refractivity contribution in [2.75, 3.05) is 39.4 Å². The highest BCUT2D eigenvalue weighted by atomic mass is 16.5. The second kappa shape index (κ2) is 10.4. The number of urea groups is 1. The van der Waals surface area contributed by atoms with E-state index in [-0.39, 0.29) is 25.2 Å². The highest BCUT2D eigenvalue weighted by molar-refractivity contribution is 6.07. The van der Waals surface area contributed by atoms with Crippen molar-refractivity contribution >= 4 is 11.9 Å². The summed E-state index contributed by atoms with van der Waals surface area (Å²) in [5, 5.41) is 8.88. The number of ether oxygens (including phenoxy) is 1. The molecular formula is C26H33N3O4. The van der Waals surface area contributed by atoms with Crippen LogP contribution < -0.4 is 4.74 Å². The van der Waals surface area contributed by atoms with Gasteiger partial charge in [0.2, 0.25) is 0 Å². The number of nitrogens with zero attached hydrogens (tertiary/aromatic N) is 3. The van der Waals surface area contributed by atoms with Crippen LogP contribution in [0.4, 0.5) is 4.79 Å². The molecule has 4 rings (SSSR count). The maximum absolute atomic E-state index is 13.3. The maximum atomic E-state index is 13.3. The molecule has 7 heteroatoms. The van der Waals surface area contributed by atoms with Crippen LogP contribution >= 0.6 is 0 Å². The fraction of sp³-hybridized carbons (Fsp3) is 0.462. The van der Waals surface area contributed by atoms with E-state index >= 15 is 0 Å². The number of piperidine rings is 1. The van der Waals surface area contributed by atoms with Crippen LogP contribution in [0.3, 0.4) is 0 Å². The number of imide groups is 1. The first-order chi connectivity index (χ1) is 16.1. The Labute approximate surface area is 195 Å². The van der Waals surface area contributed by atoms with Crippen molar-refractivity contribution in [2.45, 2.75) is 38.3 Å². The summed E-state index contributed by atoms with van der Waals surface area (Å²) in [5.41, 5.74) is 1.62. The summed E-state index contributed by atoms with van der Waals surface area (Å²) in [6.45, 7) is 5.44. The summed E-state index contributed by atoms with van der Waals surface area (Å²) in [6.07, 6.45) is 2.05. The number of hydrogen-bond donors (Lipinski definition) is 1. The third-order valence-electron chi connectivity index (χ3n) is 6.78. The van der Waals surface area contributed by atoms with Gasteiger partial charge in [-0.2, -0.15) is 0 Å². The van der Waals surface area contributed by atoms with Crippen LogP contribution in [-0.4, -0.2) is 76.7 Å². The van der Waals surface area contributed by atoms with Crippen LogP contribution in [0, 0.1) is 0 Å². The largest absolute Gasteiger partial charge is 0.491 e. The first-order valence-corrected chi connectivity index (χ1v) is 11.8. The van der Waals surface area contributed by atoms with Gasteiger partial charge in [0.15, 0.2) is 0 Å². The number of aliphatic hydroxyl groups is 1. The molecule has 2 saturated heterocycles. The van der Waals surface area contributed by atoms with Gasteiger partial charge in [-0.1, -0.05) is 42.5 Å². The molecule has 0 aliphatic carbocycles. The Hall–Kier alpha value is -2.90. The number of likely N-dealkylation sites (tertiary alicyclic amines) is 1. The van der Waals surface area contributed by atoms with Crippen molar-refractivity contribution in [3.8, 4) is 5.75 Å². The van der Waals surface area contributed by atoms with E-state index in [9.17, 15) is 9.59 Å². The van der Waals surface area contributed by atoms with Gasteiger partial charge in [0.1, 0.15) is 17.9 Å². The van der Waals surface area contributed by atoms with Gasteiger partial charge in [0.25, 0.3) is 5.91 Å². The molecule has 7 nitrogen and oxygen atoms in total. The molecule has 2 heterocycles. The maximum Gasteiger partial charge on any atom is 0.327 e. The van der Waals surface area contributed by atoms with E-state index in [1.165, 1.54) is 16.0 Å². The number of rotatable bonds is 9. The molecule has 0 bridgehead atoms. The summed E-state index contributed by atoms with van der Waals surface area (Å²) in [5.74, 6) is 0.710. The Morgan fingerprint density at radius 1 is 0.970 bits per heavy atom. The Bertz CT molecular complexity index is 940. The molecule has 33 heavy (non-hydrogen) atoms. The van der Waals surface area contributed by atoms with Gasteiger partial charge in [0, 0.05) is 32.7 Å². The van der Waals surface area contributed by atoms with Crippen LogP contribution in [0.15, 0.2) is 54.6 Å². The normalized spacial score (nSPS) is 18.4. The van der Waals surface area contributed by atoms with Gasteiger partial charge >= 0.3 is 6.03 Å². The molecule has 2 aliphatic rings. The molecule has 1 N–H and O–H groups in total. The van der Waals surface area contributed by atoms with Crippen LogP contribution in [-0.2, 0) is 17.8 Å². The van der Waals surface area contributed by atoms with Crippen molar-refractivity contribution in [1.82, 2.24) is 14.7 Å². The predicted octanol–water partition coefficient (Wildman–Crippen LogP) is 2.92. The molecule has 2 aliphatic heterocycles. The minimum atomic E-state index is -0.722. The summed E-state index contributed by atoms with van der Waals surface area (Å²) in [4.78, 5) is 32.1. The Kier molecular flexibility index (Phi) is 7.30. The third-order valence-corrected chi connectivity index (χ3v) is 6.78. The van der Waals surface area contributed by atoms with Gasteiger partial charge < -0.3 is 14.7 Å². The van der Waals surface area contributed by atoms with Gasteiger partial charge in [-0.05, 0) is 49.4 Å². The highest BCUT2D eigenvalue weighted by Gasteiger charge is 2.57. The third kappa shape index (κ3) is 4.89. The fourth-order valence-corrected chi connectivity index (χ4v) is 4.93. The number of aliphatic hydroxyl groups excluding tert-OH is 1. The lowest BCUT2D eigenvalue weighted by molar-refractivity contribution is -0.135. The topological polar surface area (TPSA) is 73.3 Å². The number of amides is 3. The van der Waals surface area contributed by atoms with E-state index in [1.54, 1.807) is 0 Å². The lowest BCUT2D eigenvalue weighted by Crippen LogP contribution is -2.56. The number of carbonyl (C=O) groups excluding carboxylic acids is 2. The molecule has 0 saturated carbocycles. The highest BCUT2D eigenvalue weighted by Crippen LogP contribution is 2.37. The summed E-state index contributed by atoms with van der Waals surface area (Å²) >= 11 is 0. The molecule has 0 atom stereocenters. The molecule has 2 aromatic carbocycles. The van der Waals surface area contributed by atoms with Crippen molar-refractivity contribution in [3.63, 3.8) is 0 Å². The average Bonchev–Trinajstić information content (AvgIpc) is 3.04. The first kappa shape index (κ1) is 23.3. The lowest BCUT2D eigenvalue weighted by Gasteiger charge is -2.42. The van der Waals surface area contributed by atoms with Gasteiger partial charge in [-0.3, -0.25) is 14.6 Å². The summed E-state index contributed by atoms with van der Waals surface area (Å²) in [6, 6.07) is 17.9. The van der Waals surface area contributed by atoms with E-state index in [4.69, 9.17) is 9.84 Å². The van der Waals surface area contributed by atoms with Crippen molar-refractivity contribution in [2.24, 2.45) is 0 Å². The molecule has 0 radical (unpaired) electrons. The fourth-order valence-electron chi connectivity index (χ4n) is 4.93. The van der Waals surface area contributed by atoms with E-state index < -0.39 is 5.54 Å². The molecular weight excluding hydrogens is 418 g/mol. The number of likely N-dealkylation sites (N-methyl/N-ethyl adjacent to an activating group) is 1. The van der Waals surface area contributed by atoms with Crippen molar-refractivity contribution in [3.05, 3.63) is 65.7 Å². The average molecular weight is 452 g/mol. The number of benzene rings is 2. The van der Waals surface area contributed by atoms with Gasteiger partial charge in [-0.25, -0.2) is 4.79 Å². The van der Waals surface area contributed by atoms with Gasteiger partial charge in [0.05, 0.1) is 6.61 Å². The Balaban J connectivity index is 1.41. The van der Waals surface area contributed by atoms with E-state index in [1.807, 2.05) is 54.3 Å². The van der Waals surface area contributed by atoms with Crippen molar-refractivity contribution in [1.29, 1.82) is 0 Å². The number of hydrogen-bond acceptors (Lipinski definition) is 5. The van der Waals surface area contributed by atoms with Gasteiger partial charge in [-0.15, -0.1) is 0 Å². The Morgan fingerprint density at radius 2 is 1.67 bits per heavy atom. The molecule has 1 spiro atoms. The second-order valence-electron chi connectivity index (χ2n) is 8.74. The molecule has 3 amide bonds. The molecule has 176 valence electrons. The monoisotopic (exact) mass is 451 g/mol. The molecule has 0 unspecified atom stereocenters. The van der Waals surface area contributed by atoms with E-state index in [0.717, 1.165) is 31.8 Å². The van der Waals surface area contributed by atoms with Crippen LogP contribution in [0.25, 0.3) is 0 Å². The van der Waals surface area contributed by atoms with Crippen LogP contribution in [0.1, 0.15) is 30.9 Å². The summed E-state index contributed by atoms with van der Waals surface area (Å²) in [7, 11) is 0. The number of carbonyl (C=O) groups is 2. The smallest absolute Gasteiger partial charge is 0.327 e. The minimum Gasteiger partial charge on any atom is -0.491 e. The molecule has 2 fully saturated rings. The second-order valence-corrected chi connectivity index (χ2v) is 8.74. The van der Waals surface area contributed by atoms with Crippen molar-refractivity contribution < 1.29 is 19.4 Å².